The summed E-state index contributed by atoms with van der Waals surface area (Å²) in [4.78, 5) is 4.24. The van der Waals surface area contributed by atoms with Crippen LogP contribution in [0.15, 0.2) is 17.5 Å². The zero-order valence-electron chi connectivity index (χ0n) is 13.6. The molecule has 0 spiro atoms. The van der Waals surface area contributed by atoms with Gasteiger partial charge in [0.25, 0.3) is 0 Å². The monoisotopic (exact) mass is 294 g/mol. The molecule has 2 nitrogen and oxygen atoms in total. The second kappa shape index (κ2) is 6.59. The number of rotatable bonds is 7. The predicted molar refractivity (Wildman–Crippen MR) is 89.3 cm³/mol. The molecule has 1 N–H and O–H groups in total. The molecule has 2 rings (SSSR count). The van der Waals surface area contributed by atoms with Crippen LogP contribution in [-0.4, -0.2) is 29.1 Å². The van der Waals surface area contributed by atoms with Gasteiger partial charge in [-0.3, -0.25) is 4.90 Å². The molecule has 114 valence electrons. The smallest absolute Gasteiger partial charge is 0.0334 e. The molecule has 1 aromatic heterocycles. The van der Waals surface area contributed by atoms with E-state index < -0.39 is 0 Å². The molecule has 1 heterocycles. The van der Waals surface area contributed by atoms with Crippen LogP contribution in [0.2, 0.25) is 0 Å². The van der Waals surface area contributed by atoms with E-state index >= 15 is 0 Å². The minimum atomic E-state index is 0.200. The summed E-state index contributed by atoms with van der Waals surface area (Å²) in [5.41, 5.74) is 0.200. The molecule has 3 heteroatoms. The standard InChI is InChI=1S/C17H30N2S/c1-13(2)16(11-18-17(3,4)5)19(14-8-9-14)12-15-7-6-10-20-15/h6-7,10,13-14,16,18H,8-9,11-12H2,1-5H3. The molecule has 1 fully saturated rings. The van der Waals surface area contributed by atoms with Gasteiger partial charge >= 0.3 is 0 Å². The highest BCUT2D eigenvalue weighted by Gasteiger charge is 2.35. The van der Waals surface area contributed by atoms with Gasteiger partial charge in [-0.05, 0) is 51.0 Å². The van der Waals surface area contributed by atoms with Crippen molar-refractivity contribution in [3.63, 3.8) is 0 Å². The Morgan fingerprint density at radius 2 is 2.05 bits per heavy atom. The van der Waals surface area contributed by atoms with Crippen LogP contribution in [-0.2, 0) is 6.54 Å². The van der Waals surface area contributed by atoms with Crippen LogP contribution in [0.25, 0.3) is 0 Å². The Bertz CT molecular complexity index is 388. The summed E-state index contributed by atoms with van der Waals surface area (Å²) in [6, 6.07) is 5.88. The first-order chi connectivity index (χ1) is 9.37. The topological polar surface area (TPSA) is 15.3 Å². The van der Waals surface area contributed by atoms with Gasteiger partial charge in [0, 0.05) is 35.6 Å². The van der Waals surface area contributed by atoms with Crippen LogP contribution in [0.3, 0.4) is 0 Å². The summed E-state index contributed by atoms with van der Waals surface area (Å²) in [5, 5.41) is 5.90. The second-order valence-electron chi connectivity index (χ2n) is 7.43. The molecule has 0 aliphatic heterocycles. The number of hydrogen-bond donors (Lipinski definition) is 1. The van der Waals surface area contributed by atoms with Gasteiger partial charge in [0.05, 0.1) is 0 Å². The predicted octanol–water partition coefficient (Wildman–Crippen LogP) is 4.13. The summed E-state index contributed by atoms with van der Waals surface area (Å²) in [6.07, 6.45) is 2.76. The maximum Gasteiger partial charge on any atom is 0.0334 e. The van der Waals surface area contributed by atoms with Crippen molar-refractivity contribution in [3.05, 3.63) is 22.4 Å². The molecule has 0 radical (unpaired) electrons. The molecule has 0 aromatic carbocycles. The lowest BCUT2D eigenvalue weighted by Crippen LogP contribution is -2.50. The number of nitrogens with zero attached hydrogens (tertiary/aromatic N) is 1. The zero-order chi connectivity index (χ0) is 14.8. The van der Waals surface area contributed by atoms with Gasteiger partial charge in [-0.1, -0.05) is 19.9 Å². The molecule has 0 amide bonds. The Kier molecular flexibility index (Phi) is 5.27. The quantitative estimate of drug-likeness (QED) is 0.813. The van der Waals surface area contributed by atoms with Crippen molar-refractivity contribution in [3.8, 4) is 0 Å². The van der Waals surface area contributed by atoms with Gasteiger partial charge in [0.1, 0.15) is 0 Å². The van der Waals surface area contributed by atoms with Crippen LogP contribution in [0, 0.1) is 5.92 Å². The van der Waals surface area contributed by atoms with Crippen molar-refractivity contribution >= 4 is 11.3 Å². The van der Waals surface area contributed by atoms with E-state index in [1.165, 1.54) is 17.7 Å². The lowest BCUT2D eigenvalue weighted by molar-refractivity contribution is 0.128. The van der Waals surface area contributed by atoms with Gasteiger partial charge in [0.15, 0.2) is 0 Å². The Labute approximate surface area is 128 Å². The van der Waals surface area contributed by atoms with Crippen molar-refractivity contribution in [1.82, 2.24) is 10.2 Å². The highest BCUT2D eigenvalue weighted by Crippen LogP contribution is 2.32. The van der Waals surface area contributed by atoms with Crippen molar-refractivity contribution in [2.45, 2.75) is 71.6 Å². The number of hydrogen-bond acceptors (Lipinski definition) is 3. The Balaban J connectivity index is 2.03. The Hall–Kier alpha value is -0.380. The van der Waals surface area contributed by atoms with E-state index in [1.54, 1.807) is 0 Å². The third-order valence-electron chi connectivity index (χ3n) is 3.97. The Morgan fingerprint density at radius 1 is 1.35 bits per heavy atom. The molecule has 1 saturated carbocycles. The molecular weight excluding hydrogens is 264 g/mol. The molecule has 1 aliphatic carbocycles. The first kappa shape index (κ1) is 16.0. The fraction of sp³-hybridized carbons (Fsp3) is 0.765. The number of nitrogens with one attached hydrogen (secondary N) is 1. The molecular formula is C17H30N2S. The fourth-order valence-electron chi connectivity index (χ4n) is 2.65. The average Bonchev–Trinajstić information content (AvgIpc) is 3.04. The average molecular weight is 295 g/mol. The Morgan fingerprint density at radius 3 is 2.50 bits per heavy atom. The van der Waals surface area contributed by atoms with E-state index in [0.29, 0.717) is 12.0 Å². The van der Waals surface area contributed by atoms with Crippen LogP contribution in [0.5, 0.6) is 0 Å². The molecule has 0 bridgehead atoms. The fourth-order valence-corrected chi connectivity index (χ4v) is 3.37. The van der Waals surface area contributed by atoms with Crippen LogP contribution < -0.4 is 5.32 Å². The summed E-state index contributed by atoms with van der Waals surface area (Å²) in [5.74, 6) is 0.686. The van der Waals surface area contributed by atoms with Gasteiger partial charge in [-0.2, -0.15) is 0 Å². The van der Waals surface area contributed by atoms with E-state index in [0.717, 1.165) is 19.1 Å². The summed E-state index contributed by atoms with van der Waals surface area (Å²) < 4.78 is 0. The highest BCUT2D eigenvalue weighted by molar-refractivity contribution is 7.09. The van der Waals surface area contributed by atoms with Gasteiger partial charge in [0.2, 0.25) is 0 Å². The summed E-state index contributed by atoms with van der Waals surface area (Å²) in [7, 11) is 0. The molecule has 0 saturated heterocycles. The van der Waals surface area contributed by atoms with E-state index in [2.05, 4.69) is 62.3 Å². The lowest BCUT2D eigenvalue weighted by atomic mass is 10.00. The lowest BCUT2D eigenvalue weighted by Gasteiger charge is -2.36. The van der Waals surface area contributed by atoms with Crippen molar-refractivity contribution in [2.24, 2.45) is 5.92 Å². The van der Waals surface area contributed by atoms with Gasteiger partial charge in [-0.25, -0.2) is 0 Å². The van der Waals surface area contributed by atoms with E-state index in [1.807, 2.05) is 11.3 Å². The molecule has 1 atom stereocenters. The third-order valence-corrected chi connectivity index (χ3v) is 4.83. The maximum atomic E-state index is 3.71. The van der Waals surface area contributed by atoms with Gasteiger partial charge in [-0.15, -0.1) is 11.3 Å². The van der Waals surface area contributed by atoms with E-state index in [4.69, 9.17) is 0 Å². The third kappa shape index (κ3) is 4.87. The van der Waals surface area contributed by atoms with Crippen LogP contribution >= 0.6 is 11.3 Å². The second-order valence-corrected chi connectivity index (χ2v) is 8.46. The minimum absolute atomic E-state index is 0.200. The zero-order valence-corrected chi connectivity index (χ0v) is 14.5. The van der Waals surface area contributed by atoms with Crippen LogP contribution in [0.4, 0.5) is 0 Å². The largest absolute Gasteiger partial charge is 0.311 e. The molecule has 1 aliphatic rings. The van der Waals surface area contributed by atoms with Crippen molar-refractivity contribution < 1.29 is 0 Å². The van der Waals surface area contributed by atoms with E-state index in [9.17, 15) is 0 Å². The maximum absolute atomic E-state index is 3.71. The SMILES string of the molecule is CC(C)C(CNC(C)(C)C)N(Cc1cccs1)C1CC1. The number of thiophene rings is 1. The first-order valence-electron chi connectivity index (χ1n) is 7.90. The normalized spacial score (nSPS) is 17.9. The highest BCUT2D eigenvalue weighted by atomic mass is 32.1. The van der Waals surface area contributed by atoms with Crippen LogP contribution in [0.1, 0.15) is 52.3 Å². The molecule has 1 aromatic rings. The first-order valence-corrected chi connectivity index (χ1v) is 8.78. The molecule has 1 unspecified atom stereocenters. The van der Waals surface area contributed by atoms with Crippen molar-refractivity contribution in [2.75, 3.05) is 6.54 Å². The molecule has 20 heavy (non-hydrogen) atoms. The van der Waals surface area contributed by atoms with Crippen molar-refractivity contribution in [1.29, 1.82) is 0 Å². The van der Waals surface area contributed by atoms with Gasteiger partial charge < -0.3 is 5.32 Å². The summed E-state index contributed by atoms with van der Waals surface area (Å²) in [6.45, 7) is 13.7. The van der Waals surface area contributed by atoms with E-state index in [-0.39, 0.29) is 5.54 Å². The minimum Gasteiger partial charge on any atom is -0.311 e. The summed E-state index contributed by atoms with van der Waals surface area (Å²) >= 11 is 1.89.